The van der Waals surface area contributed by atoms with Gasteiger partial charge in [0, 0.05) is 11.3 Å². The molecule has 1 heterocycles. The van der Waals surface area contributed by atoms with Crippen LogP contribution in [0.1, 0.15) is 16.8 Å². The Morgan fingerprint density at radius 2 is 1.88 bits per heavy atom. The van der Waals surface area contributed by atoms with Gasteiger partial charge in [-0.1, -0.05) is 23.7 Å². The lowest BCUT2D eigenvalue weighted by atomic mass is 10.1. The fourth-order valence-electron chi connectivity index (χ4n) is 3.45. The molecule has 0 bridgehead atoms. The van der Waals surface area contributed by atoms with Gasteiger partial charge in [-0.2, -0.15) is 11.8 Å². The number of aromatic amines is 1. The quantitative estimate of drug-likeness (QED) is 0.300. The zero-order valence-corrected chi connectivity index (χ0v) is 19.8. The number of fused-ring (bicyclic) bond motifs is 1. The van der Waals surface area contributed by atoms with Crippen LogP contribution in [-0.2, 0) is 4.79 Å². The number of carbonyl (C=O) groups excluding carboxylic acids is 2. The molecule has 4 rings (SSSR count). The van der Waals surface area contributed by atoms with E-state index in [1.807, 2.05) is 6.26 Å². The minimum absolute atomic E-state index is 0.317. The molecule has 0 aliphatic heterocycles. The van der Waals surface area contributed by atoms with Crippen LogP contribution in [-0.4, -0.2) is 39.8 Å². The minimum atomic E-state index is -0.733. The number of anilines is 1. The normalized spacial score (nSPS) is 11.9. The first kappa shape index (κ1) is 23.8. The van der Waals surface area contributed by atoms with Crippen molar-refractivity contribution in [1.29, 1.82) is 0 Å². The van der Waals surface area contributed by atoms with E-state index in [9.17, 15) is 14.0 Å². The third kappa shape index (κ3) is 5.58. The van der Waals surface area contributed by atoms with Crippen molar-refractivity contribution < 1.29 is 14.0 Å². The summed E-state index contributed by atoms with van der Waals surface area (Å²) >= 11 is 7.72. The van der Waals surface area contributed by atoms with Gasteiger partial charge in [0.1, 0.15) is 17.7 Å². The highest BCUT2D eigenvalue weighted by Gasteiger charge is 2.22. The average Bonchev–Trinajstić information content (AvgIpc) is 3.25. The van der Waals surface area contributed by atoms with Crippen LogP contribution in [0.3, 0.4) is 0 Å². The summed E-state index contributed by atoms with van der Waals surface area (Å²) in [4.78, 5) is 33.5. The summed E-state index contributed by atoms with van der Waals surface area (Å²) in [5, 5.41) is 6.00. The number of benzene rings is 3. The van der Waals surface area contributed by atoms with Gasteiger partial charge in [0.2, 0.25) is 5.91 Å². The molecule has 1 aromatic heterocycles. The first-order chi connectivity index (χ1) is 16.4. The molecule has 0 saturated heterocycles. The lowest BCUT2D eigenvalue weighted by molar-refractivity contribution is -0.118. The second-order valence-electron chi connectivity index (χ2n) is 7.60. The predicted molar refractivity (Wildman–Crippen MR) is 136 cm³/mol. The number of halogens is 2. The van der Waals surface area contributed by atoms with Gasteiger partial charge >= 0.3 is 0 Å². The third-order valence-corrected chi connectivity index (χ3v) is 6.19. The number of H-pyrrole nitrogens is 1. The minimum Gasteiger partial charge on any atom is -0.340 e. The molecule has 2 amide bonds. The maximum atomic E-state index is 13.2. The largest absolute Gasteiger partial charge is 0.340 e. The Hall–Kier alpha value is -3.36. The number of aromatic nitrogens is 2. The second kappa shape index (κ2) is 10.7. The van der Waals surface area contributed by atoms with Crippen LogP contribution in [0.15, 0.2) is 66.7 Å². The maximum absolute atomic E-state index is 13.2. The van der Waals surface area contributed by atoms with Crippen molar-refractivity contribution in [3.8, 4) is 11.4 Å². The number of thioether (sulfide) groups is 1. The van der Waals surface area contributed by atoms with E-state index >= 15 is 0 Å². The van der Waals surface area contributed by atoms with Gasteiger partial charge in [-0.25, -0.2) is 9.37 Å². The summed E-state index contributed by atoms with van der Waals surface area (Å²) in [6, 6.07) is 17.3. The van der Waals surface area contributed by atoms with Crippen molar-refractivity contribution >= 4 is 51.9 Å². The number of hydrogen-bond donors (Lipinski definition) is 3. The van der Waals surface area contributed by atoms with E-state index in [1.165, 1.54) is 12.1 Å². The van der Waals surface area contributed by atoms with Gasteiger partial charge in [-0.3, -0.25) is 9.59 Å². The van der Waals surface area contributed by atoms with Crippen LogP contribution < -0.4 is 10.6 Å². The molecule has 1 unspecified atom stereocenters. The number of hydrogen-bond acceptors (Lipinski definition) is 4. The van der Waals surface area contributed by atoms with Crippen molar-refractivity contribution in [1.82, 2.24) is 15.3 Å². The fourth-order valence-corrected chi connectivity index (χ4v) is 4.14. The van der Waals surface area contributed by atoms with Gasteiger partial charge < -0.3 is 15.6 Å². The molecule has 3 N–H and O–H groups in total. The van der Waals surface area contributed by atoms with Crippen molar-refractivity contribution in [2.75, 3.05) is 17.3 Å². The van der Waals surface area contributed by atoms with Gasteiger partial charge in [0.15, 0.2) is 0 Å². The molecule has 0 fully saturated rings. The van der Waals surface area contributed by atoms with Gasteiger partial charge in [-0.15, -0.1) is 0 Å². The average molecular weight is 497 g/mol. The molecule has 0 spiro atoms. The summed E-state index contributed by atoms with van der Waals surface area (Å²) in [5.74, 6) is 0.249. The fraction of sp³-hybridized carbons (Fsp3) is 0.160. The topological polar surface area (TPSA) is 86.9 Å². The summed E-state index contributed by atoms with van der Waals surface area (Å²) < 4.78 is 13.2. The second-order valence-corrected chi connectivity index (χ2v) is 8.99. The Morgan fingerprint density at radius 1 is 1.12 bits per heavy atom. The SMILES string of the molecule is CSCCC(NC(=O)c1ccccc1Cl)C(=O)Nc1ccc2nc(-c3ccc(F)cc3)[nH]c2c1. The van der Waals surface area contributed by atoms with Crippen molar-refractivity contribution in [3.05, 3.63) is 83.1 Å². The molecule has 0 radical (unpaired) electrons. The smallest absolute Gasteiger partial charge is 0.253 e. The number of carbonyl (C=O) groups is 2. The molecular weight excluding hydrogens is 475 g/mol. The molecule has 1 atom stereocenters. The molecular formula is C25H22ClFN4O2S. The number of nitrogens with one attached hydrogen (secondary N) is 3. The molecule has 9 heteroatoms. The third-order valence-electron chi connectivity index (χ3n) is 5.22. The molecule has 3 aromatic carbocycles. The summed E-state index contributed by atoms with van der Waals surface area (Å²) in [6.07, 6.45) is 2.40. The van der Waals surface area contributed by atoms with Gasteiger partial charge in [0.05, 0.1) is 21.6 Å². The van der Waals surface area contributed by atoms with Crippen LogP contribution in [0.4, 0.5) is 10.1 Å². The number of amides is 2. The molecule has 34 heavy (non-hydrogen) atoms. The van der Waals surface area contributed by atoms with Crippen molar-refractivity contribution in [2.45, 2.75) is 12.5 Å². The highest BCUT2D eigenvalue weighted by molar-refractivity contribution is 7.98. The zero-order chi connectivity index (χ0) is 24.1. The zero-order valence-electron chi connectivity index (χ0n) is 18.3. The maximum Gasteiger partial charge on any atom is 0.253 e. The van der Waals surface area contributed by atoms with Gasteiger partial charge in [0.25, 0.3) is 5.91 Å². The lowest BCUT2D eigenvalue weighted by Gasteiger charge is -2.18. The summed E-state index contributed by atoms with van der Waals surface area (Å²) in [5.41, 5.74) is 3.06. The summed E-state index contributed by atoms with van der Waals surface area (Å²) in [6.45, 7) is 0. The van der Waals surface area contributed by atoms with Crippen LogP contribution in [0.25, 0.3) is 22.4 Å². The van der Waals surface area contributed by atoms with E-state index in [4.69, 9.17) is 11.6 Å². The molecule has 0 aliphatic carbocycles. The Kier molecular flexibility index (Phi) is 7.49. The van der Waals surface area contributed by atoms with Crippen LogP contribution in [0.2, 0.25) is 5.02 Å². The first-order valence-electron chi connectivity index (χ1n) is 10.6. The standard InChI is InChI=1S/C25H22ClFN4O2S/c1-34-13-12-21(31-24(32)18-4-2-3-5-19(18)26)25(33)28-17-10-11-20-22(14-17)30-23(29-20)15-6-8-16(27)9-7-15/h2-11,14,21H,12-13H2,1H3,(H,28,33)(H,29,30)(H,31,32). The number of imidazole rings is 1. The lowest BCUT2D eigenvalue weighted by Crippen LogP contribution is -2.44. The van der Waals surface area contributed by atoms with Crippen LogP contribution >= 0.6 is 23.4 Å². The molecule has 0 saturated carbocycles. The molecule has 174 valence electrons. The van der Waals surface area contributed by atoms with Crippen molar-refractivity contribution in [3.63, 3.8) is 0 Å². The molecule has 4 aromatic rings. The van der Waals surface area contributed by atoms with E-state index in [0.29, 0.717) is 39.8 Å². The monoisotopic (exact) mass is 496 g/mol. The van der Waals surface area contributed by atoms with E-state index in [1.54, 1.807) is 66.4 Å². The highest BCUT2D eigenvalue weighted by atomic mass is 35.5. The first-order valence-corrected chi connectivity index (χ1v) is 12.3. The van der Waals surface area contributed by atoms with E-state index in [-0.39, 0.29) is 11.7 Å². The number of rotatable bonds is 8. The summed E-state index contributed by atoms with van der Waals surface area (Å²) in [7, 11) is 0. The number of nitrogens with zero attached hydrogens (tertiary/aromatic N) is 1. The Morgan fingerprint density at radius 3 is 2.62 bits per heavy atom. The van der Waals surface area contributed by atoms with Crippen LogP contribution in [0.5, 0.6) is 0 Å². The predicted octanol–water partition coefficient (Wildman–Crippen LogP) is 5.51. The van der Waals surface area contributed by atoms with Gasteiger partial charge in [-0.05, 0) is 73.0 Å². The molecule has 6 nitrogen and oxygen atoms in total. The Labute approximate surface area is 205 Å². The molecule has 0 aliphatic rings. The van der Waals surface area contributed by atoms with E-state index in [0.717, 1.165) is 11.1 Å². The highest BCUT2D eigenvalue weighted by Crippen LogP contribution is 2.23. The van der Waals surface area contributed by atoms with Crippen molar-refractivity contribution in [2.24, 2.45) is 0 Å². The van der Waals surface area contributed by atoms with E-state index in [2.05, 4.69) is 20.6 Å². The van der Waals surface area contributed by atoms with Crippen LogP contribution in [0, 0.1) is 5.82 Å². The van der Waals surface area contributed by atoms with E-state index < -0.39 is 11.9 Å². The Balaban J connectivity index is 1.51. The Bertz CT molecular complexity index is 1330.